The van der Waals surface area contributed by atoms with Gasteiger partial charge in [0.25, 0.3) is 5.91 Å². The highest BCUT2D eigenvalue weighted by Gasteiger charge is 2.29. The number of nitrogens with one attached hydrogen (secondary N) is 2. The highest BCUT2D eigenvalue weighted by atomic mass is 19.4. The van der Waals surface area contributed by atoms with E-state index in [2.05, 4.69) is 17.6 Å². The third kappa shape index (κ3) is 7.60. The first-order valence-electron chi connectivity index (χ1n) is 11.3. The van der Waals surface area contributed by atoms with Gasteiger partial charge in [0.1, 0.15) is 0 Å². The zero-order valence-corrected chi connectivity index (χ0v) is 19.2. The zero-order valence-electron chi connectivity index (χ0n) is 19.2. The maximum atomic E-state index is 12.8. The van der Waals surface area contributed by atoms with Crippen molar-refractivity contribution < 1.29 is 27.9 Å². The monoisotopic (exact) mass is 484 g/mol. The quantitative estimate of drug-likeness (QED) is 0.329. The Kier molecular flexibility index (Phi) is 8.52. The summed E-state index contributed by atoms with van der Waals surface area (Å²) >= 11 is 0. The number of rotatable bonds is 10. The van der Waals surface area contributed by atoms with E-state index in [-0.39, 0.29) is 24.9 Å². The van der Waals surface area contributed by atoms with Crippen LogP contribution >= 0.6 is 0 Å². The first-order valence-corrected chi connectivity index (χ1v) is 11.3. The fourth-order valence-corrected chi connectivity index (χ4v) is 3.61. The maximum absolute atomic E-state index is 12.8. The summed E-state index contributed by atoms with van der Waals surface area (Å²) in [5.41, 5.74) is 3.31. The van der Waals surface area contributed by atoms with Crippen LogP contribution in [0.2, 0.25) is 0 Å². The van der Waals surface area contributed by atoms with Gasteiger partial charge in [-0.05, 0) is 65.9 Å². The third-order valence-electron chi connectivity index (χ3n) is 5.62. The van der Waals surface area contributed by atoms with Gasteiger partial charge in [0, 0.05) is 23.8 Å². The number of anilines is 1. The summed E-state index contributed by atoms with van der Waals surface area (Å²) in [5.74, 6) is -1.29. The molecule has 35 heavy (non-hydrogen) atoms. The molecular formula is C27H27F3N2O3. The number of benzene rings is 3. The second-order valence-corrected chi connectivity index (χ2v) is 8.20. The Labute approximate surface area is 202 Å². The maximum Gasteiger partial charge on any atom is 0.416 e. The van der Waals surface area contributed by atoms with Crippen molar-refractivity contribution in [2.45, 2.75) is 38.4 Å². The number of halogens is 3. The molecule has 3 aromatic carbocycles. The van der Waals surface area contributed by atoms with Gasteiger partial charge in [0.05, 0.1) is 12.0 Å². The smallest absolute Gasteiger partial charge is 0.416 e. The van der Waals surface area contributed by atoms with Gasteiger partial charge in [-0.3, -0.25) is 9.59 Å². The van der Waals surface area contributed by atoms with E-state index in [1.807, 2.05) is 36.4 Å². The van der Waals surface area contributed by atoms with Crippen LogP contribution in [0.4, 0.5) is 18.9 Å². The number of hydrogen-bond donors (Lipinski definition) is 3. The van der Waals surface area contributed by atoms with Gasteiger partial charge >= 0.3 is 12.1 Å². The number of carbonyl (C=O) groups excluding carboxylic acids is 1. The van der Waals surface area contributed by atoms with E-state index >= 15 is 0 Å². The molecule has 5 nitrogen and oxygen atoms in total. The van der Waals surface area contributed by atoms with Gasteiger partial charge in [0.15, 0.2) is 0 Å². The molecule has 0 saturated heterocycles. The number of carboxylic acid groups (broad SMARTS) is 1. The number of hydrogen-bond acceptors (Lipinski definition) is 3. The van der Waals surface area contributed by atoms with Crippen LogP contribution in [0.3, 0.4) is 0 Å². The first kappa shape index (κ1) is 25.8. The van der Waals surface area contributed by atoms with Gasteiger partial charge < -0.3 is 15.7 Å². The van der Waals surface area contributed by atoms with Crippen LogP contribution in [0.1, 0.15) is 41.3 Å². The van der Waals surface area contributed by atoms with Crippen LogP contribution in [-0.4, -0.2) is 29.6 Å². The molecule has 0 heterocycles. The third-order valence-corrected chi connectivity index (χ3v) is 5.62. The van der Waals surface area contributed by atoms with Crippen LogP contribution in [0.15, 0.2) is 72.8 Å². The summed E-state index contributed by atoms with van der Waals surface area (Å²) in [7, 11) is 0. The van der Waals surface area contributed by atoms with Crippen molar-refractivity contribution >= 4 is 17.6 Å². The molecule has 0 aliphatic rings. The average Bonchev–Trinajstić information content (AvgIpc) is 2.84. The van der Waals surface area contributed by atoms with Crippen molar-refractivity contribution in [2.75, 3.05) is 11.9 Å². The minimum Gasteiger partial charge on any atom is -0.481 e. The lowest BCUT2D eigenvalue weighted by Crippen LogP contribution is -2.26. The fraction of sp³-hybridized carbons (Fsp3) is 0.259. The molecule has 1 atom stereocenters. The van der Waals surface area contributed by atoms with E-state index in [0.717, 1.165) is 47.4 Å². The van der Waals surface area contributed by atoms with Crippen LogP contribution < -0.4 is 10.6 Å². The molecule has 3 aromatic rings. The molecule has 0 spiro atoms. The Morgan fingerprint density at radius 1 is 0.886 bits per heavy atom. The predicted octanol–water partition coefficient (Wildman–Crippen LogP) is 6.01. The molecule has 0 aliphatic heterocycles. The summed E-state index contributed by atoms with van der Waals surface area (Å²) in [5, 5.41) is 14.7. The minimum atomic E-state index is -4.35. The first-order chi connectivity index (χ1) is 16.7. The molecule has 0 radical (unpaired) electrons. The van der Waals surface area contributed by atoms with Crippen molar-refractivity contribution in [3.63, 3.8) is 0 Å². The topological polar surface area (TPSA) is 78.4 Å². The standard InChI is InChI=1S/C27H27F3N2O3/c1-2-23(32-24-13-9-21(10-14-24)26(35)31-16-15-25(33)34)17-18-3-5-19(6-4-18)20-7-11-22(12-8-20)27(28,29)30/h3-14,23,32H,2,15-17H2,1H3,(H,31,35)(H,33,34)/t23-/m0/s1. The molecule has 3 rings (SSSR count). The second kappa shape index (κ2) is 11.6. The highest BCUT2D eigenvalue weighted by Crippen LogP contribution is 2.31. The van der Waals surface area contributed by atoms with Gasteiger partial charge in [0.2, 0.25) is 0 Å². The molecular weight excluding hydrogens is 457 g/mol. The van der Waals surface area contributed by atoms with Gasteiger partial charge in [-0.25, -0.2) is 0 Å². The average molecular weight is 485 g/mol. The van der Waals surface area contributed by atoms with Crippen molar-refractivity contribution in [3.8, 4) is 11.1 Å². The minimum absolute atomic E-state index is 0.0731. The van der Waals surface area contributed by atoms with E-state index in [1.54, 1.807) is 12.1 Å². The van der Waals surface area contributed by atoms with E-state index in [1.165, 1.54) is 12.1 Å². The van der Waals surface area contributed by atoms with Crippen LogP contribution in [0.25, 0.3) is 11.1 Å². The highest BCUT2D eigenvalue weighted by molar-refractivity contribution is 5.94. The molecule has 0 fully saturated rings. The van der Waals surface area contributed by atoms with E-state index in [9.17, 15) is 22.8 Å². The summed E-state index contributed by atoms with van der Waals surface area (Å²) in [4.78, 5) is 22.6. The zero-order chi connectivity index (χ0) is 25.4. The number of alkyl halides is 3. The van der Waals surface area contributed by atoms with Crippen LogP contribution in [-0.2, 0) is 17.4 Å². The molecule has 0 unspecified atom stereocenters. The fourth-order valence-electron chi connectivity index (χ4n) is 3.61. The van der Waals surface area contributed by atoms with E-state index < -0.39 is 17.7 Å². The van der Waals surface area contributed by atoms with Gasteiger partial charge in [-0.2, -0.15) is 13.2 Å². The Balaban J connectivity index is 1.57. The normalized spacial score (nSPS) is 12.1. The lowest BCUT2D eigenvalue weighted by molar-refractivity contribution is -0.138. The molecule has 184 valence electrons. The van der Waals surface area contributed by atoms with E-state index in [4.69, 9.17) is 5.11 Å². The van der Waals surface area contributed by atoms with Crippen molar-refractivity contribution in [3.05, 3.63) is 89.5 Å². The van der Waals surface area contributed by atoms with Crippen LogP contribution in [0.5, 0.6) is 0 Å². The number of carboxylic acids is 1. The summed E-state index contributed by atoms with van der Waals surface area (Å²) in [6.45, 7) is 2.14. The van der Waals surface area contributed by atoms with E-state index in [0.29, 0.717) is 5.56 Å². The van der Waals surface area contributed by atoms with Crippen LogP contribution in [0, 0.1) is 0 Å². The molecule has 3 N–H and O–H groups in total. The lowest BCUT2D eigenvalue weighted by atomic mass is 9.99. The summed E-state index contributed by atoms with van der Waals surface area (Å²) < 4.78 is 38.3. The number of amides is 1. The Hall–Kier alpha value is -3.81. The van der Waals surface area contributed by atoms with Crippen molar-refractivity contribution in [1.29, 1.82) is 0 Å². The molecule has 8 heteroatoms. The molecule has 0 aromatic heterocycles. The second-order valence-electron chi connectivity index (χ2n) is 8.20. The van der Waals surface area contributed by atoms with Gasteiger partial charge in [-0.15, -0.1) is 0 Å². The Morgan fingerprint density at radius 3 is 1.97 bits per heavy atom. The molecule has 1 amide bonds. The van der Waals surface area contributed by atoms with Gasteiger partial charge in [-0.1, -0.05) is 43.3 Å². The van der Waals surface area contributed by atoms with Crippen molar-refractivity contribution in [1.82, 2.24) is 5.32 Å². The molecule has 0 bridgehead atoms. The summed E-state index contributed by atoms with van der Waals surface area (Å²) in [6, 6.07) is 20.0. The lowest BCUT2D eigenvalue weighted by Gasteiger charge is -2.19. The summed E-state index contributed by atoms with van der Waals surface area (Å²) in [6.07, 6.45) is -2.87. The number of aliphatic carboxylic acids is 1. The molecule has 0 saturated carbocycles. The Bertz CT molecular complexity index is 1130. The predicted molar refractivity (Wildman–Crippen MR) is 129 cm³/mol. The Morgan fingerprint density at radius 2 is 1.46 bits per heavy atom. The molecule has 0 aliphatic carbocycles. The SMILES string of the molecule is CC[C@@H](Cc1ccc(-c2ccc(C(F)(F)F)cc2)cc1)Nc1ccc(C(=O)NCCC(=O)O)cc1. The van der Waals surface area contributed by atoms with Crippen molar-refractivity contribution in [2.24, 2.45) is 0 Å². The number of carbonyl (C=O) groups is 2. The largest absolute Gasteiger partial charge is 0.481 e.